The fourth-order valence-corrected chi connectivity index (χ4v) is 4.59. The molecule has 2 N–H and O–H groups in total. The molecule has 3 heteroatoms. The summed E-state index contributed by atoms with van der Waals surface area (Å²) in [5.74, 6) is 1.03. The second-order valence-corrected chi connectivity index (χ2v) is 9.61. The number of thioether (sulfide) groups is 1. The minimum absolute atomic E-state index is 0.0975. The summed E-state index contributed by atoms with van der Waals surface area (Å²) in [4.78, 5) is 0. The summed E-state index contributed by atoms with van der Waals surface area (Å²) < 4.78 is 0. The normalized spacial score (nSPS) is 14.7. The van der Waals surface area contributed by atoms with Crippen LogP contribution in [-0.4, -0.2) is 21.1 Å². The molecule has 0 saturated heterocycles. The van der Waals surface area contributed by atoms with Gasteiger partial charge in [0.2, 0.25) is 5.12 Å². The van der Waals surface area contributed by atoms with Gasteiger partial charge < -0.3 is 10.2 Å². The number of hydrogen-bond acceptors (Lipinski definition) is 3. The van der Waals surface area contributed by atoms with Crippen LogP contribution in [0, 0.1) is 5.92 Å². The first kappa shape index (κ1) is 22.0. The Morgan fingerprint density at radius 2 is 1.44 bits per heavy atom. The third-order valence-corrected chi connectivity index (χ3v) is 6.80. The molecule has 2 rings (SSSR count). The van der Waals surface area contributed by atoms with E-state index in [-0.39, 0.29) is 11.3 Å². The lowest BCUT2D eigenvalue weighted by molar-refractivity contribution is -0.120. The van der Waals surface area contributed by atoms with Crippen LogP contribution in [0.15, 0.2) is 60.7 Å². The Hall–Kier alpha value is -1.29. The van der Waals surface area contributed by atoms with Gasteiger partial charge in [0.1, 0.15) is 0 Å². The number of benzene rings is 2. The lowest BCUT2D eigenvalue weighted by Crippen LogP contribution is -2.36. The van der Waals surface area contributed by atoms with Gasteiger partial charge in [-0.15, -0.1) is 0 Å². The number of aliphatic hydroxyl groups is 2. The molecule has 2 unspecified atom stereocenters. The first-order chi connectivity index (χ1) is 12.7. The van der Waals surface area contributed by atoms with Crippen molar-refractivity contribution in [2.45, 2.75) is 63.4 Å². The Bertz CT molecular complexity index is 667. The zero-order chi connectivity index (χ0) is 19.9. The molecule has 27 heavy (non-hydrogen) atoms. The molecule has 0 bridgehead atoms. The van der Waals surface area contributed by atoms with Gasteiger partial charge in [0.05, 0.1) is 0 Å². The maximum Gasteiger partial charge on any atom is 0.215 e. The Morgan fingerprint density at radius 1 is 0.889 bits per heavy atom. The second-order valence-electron chi connectivity index (χ2n) is 8.32. The molecular formula is C24H34O2S. The van der Waals surface area contributed by atoms with E-state index in [1.54, 1.807) is 0 Å². The summed E-state index contributed by atoms with van der Waals surface area (Å²) in [6.07, 6.45) is 2.74. The predicted molar refractivity (Wildman–Crippen MR) is 117 cm³/mol. The van der Waals surface area contributed by atoms with Crippen LogP contribution in [0.3, 0.4) is 0 Å². The average Bonchev–Trinajstić information content (AvgIpc) is 2.66. The van der Waals surface area contributed by atoms with Gasteiger partial charge in [-0.2, -0.15) is 0 Å². The van der Waals surface area contributed by atoms with E-state index in [0.29, 0.717) is 5.92 Å². The number of hydrogen-bond donors (Lipinski definition) is 2. The summed E-state index contributed by atoms with van der Waals surface area (Å²) in [6, 6.07) is 20.8. The molecule has 2 nitrogen and oxygen atoms in total. The van der Waals surface area contributed by atoms with Crippen molar-refractivity contribution in [3.63, 3.8) is 0 Å². The van der Waals surface area contributed by atoms with Crippen molar-refractivity contribution in [3.8, 4) is 0 Å². The fraction of sp³-hybridized carbons (Fsp3) is 0.500. The SMILES string of the molecule is CC(CCCSC(O)(O)C(C)CC(C)(C)c1ccccc1)c1ccccc1. The maximum absolute atomic E-state index is 10.6. The monoisotopic (exact) mass is 386 g/mol. The van der Waals surface area contributed by atoms with Crippen LogP contribution in [0.2, 0.25) is 0 Å². The van der Waals surface area contributed by atoms with Crippen molar-refractivity contribution in [3.05, 3.63) is 71.8 Å². The molecule has 0 radical (unpaired) electrons. The Balaban J connectivity index is 1.81. The highest BCUT2D eigenvalue weighted by Gasteiger charge is 2.36. The van der Waals surface area contributed by atoms with E-state index in [2.05, 4.69) is 57.2 Å². The van der Waals surface area contributed by atoms with Gasteiger partial charge in [-0.05, 0) is 47.5 Å². The zero-order valence-corrected chi connectivity index (χ0v) is 17.9. The first-order valence-corrected chi connectivity index (χ1v) is 10.9. The van der Waals surface area contributed by atoms with Crippen molar-refractivity contribution in [1.29, 1.82) is 0 Å². The highest BCUT2D eigenvalue weighted by atomic mass is 32.2. The van der Waals surface area contributed by atoms with Gasteiger partial charge in [0, 0.05) is 5.92 Å². The molecule has 2 atom stereocenters. The van der Waals surface area contributed by atoms with Gasteiger partial charge in [0.25, 0.3) is 0 Å². The molecule has 0 aliphatic heterocycles. The van der Waals surface area contributed by atoms with Gasteiger partial charge >= 0.3 is 0 Å². The average molecular weight is 387 g/mol. The first-order valence-electron chi connectivity index (χ1n) is 9.91. The van der Waals surface area contributed by atoms with Crippen LogP contribution in [0.25, 0.3) is 0 Å². The van der Waals surface area contributed by atoms with Crippen molar-refractivity contribution in [2.24, 2.45) is 5.92 Å². The lowest BCUT2D eigenvalue weighted by atomic mass is 9.77. The van der Waals surface area contributed by atoms with E-state index in [0.717, 1.165) is 25.0 Å². The van der Waals surface area contributed by atoms with Crippen LogP contribution in [0.4, 0.5) is 0 Å². The molecule has 0 heterocycles. The minimum atomic E-state index is -1.69. The van der Waals surface area contributed by atoms with Crippen LogP contribution in [0.1, 0.15) is 64.0 Å². The quantitative estimate of drug-likeness (QED) is 0.392. The summed E-state index contributed by atoms with van der Waals surface area (Å²) in [5.41, 5.74) is 2.48. The van der Waals surface area contributed by atoms with Crippen molar-refractivity contribution in [1.82, 2.24) is 0 Å². The summed E-state index contributed by atoms with van der Waals surface area (Å²) in [5, 5.41) is 19.5. The molecule has 0 spiro atoms. The molecule has 0 amide bonds. The fourth-order valence-electron chi connectivity index (χ4n) is 3.61. The van der Waals surface area contributed by atoms with Gasteiger partial charge in [-0.1, -0.05) is 100 Å². The molecule has 0 aliphatic rings. The van der Waals surface area contributed by atoms with E-state index in [4.69, 9.17) is 0 Å². The predicted octanol–water partition coefficient (Wildman–Crippen LogP) is 5.95. The van der Waals surface area contributed by atoms with E-state index in [1.807, 2.05) is 31.2 Å². The Kier molecular flexibility index (Phi) is 7.96. The van der Waals surface area contributed by atoms with Gasteiger partial charge in [-0.3, -0.25) is 0 Å². The molecule has 0 fully saturated rings. The standard InChI is InChI=1S/C24H34O2S/c1-19(21-13-7-5-8-14-21)12-11-17-27-24(25,26)20(2)18-23(3,4)22-15-9-6-10-16-22/h5-10,13-16,19-20,25-26H,11-12,17-18H2,1-4H3. The molecule has 148 valence electrons. The Morgan fingerprint density at radius 3 is 2.04 bits per heavy atom. The van der Waals surface area contributed by atoms with E-state index >= 15 is 0 Å². The van der Waals surface area contributed by atoms with Crippen LogP contribution in [-0.2, 0) is 5.41 Å². The second kappa shape index (κ2) is 9.77. The smallest absolute Gasteiger partial charge is 0.215 e. The van der Waals surface area contributed by atoms with Gasteiger partial charge in [-0.25, -0.2) is 0 Å². The van der Waals surface area contributed by atoms with Gasteiger partial charge in [0.15, 0.2) is 0 Å². The zero-order valence-electron chi connectivity index (χ0n) is 17.1. The number of rotatable bonds is 10. The van der Waals surface area contributed by atoms with Crippen LogP contribution >= 0.6 is 11.8 Å². The van der Waals surface area contributed by atoms with Crippen molar-refractivity contribution in [2.75, 3.05) is 5.75 Å². The summed E-state index contributed by atoms with van der Waals surface area (Å²) >= 11 is 1.27. The van der Waals surface area contributed by atoms with E-state index < -0.39 is 5.12 Å². The molecule has 2 aromatic carbocycles. The molecule has 0 aromatic heterocycles. The van der Waals surface area contributed by atoms with E-state index in [1.165, 1.54) is 22.9 Å². The Labute approximate surface area is 169 Å². The third kappa shape index (κ3) is 6.67. The van der Waals surface area contributed by atoms with Crippen molar-refractivity contribution >= 4 is 11.8 Å². The summed E-state index contributed by atoms with van der Waals surface area (Å²) in [6.45, 7) is 8.50. The molecule has 0 saturated carbocycles. The topological polar surface area (TPSA) is 40.5 Å². The molecule has 0 aliphatic carbocycles. The highest BCUT2D eigenvalue weighted by Crippen LogP contribution is 2.38. The minimum Gasteiger partial charge on any atom is -0.357 e. The van der Waals surface area contributed by atoms with Crippen molar-refractivity contribution < 1.29 is 10.2 Å². The molecule has 2 aromatic rings. The van der Waals surface area contributed by atoms with Crippen LogP contribution < -0.4 is 0 Å². The molecular weight excluding hydrogens is 352 g/mol. The lowest BCUT2D eigenvalue weighted by Gasteiger charge is -2.35. The van der Waals surface area contributed by atoms with Crippen LogP contribution in [0.5, 0.6) is 0 Å². The highest BCUT2D eigenvalue weighted by molar-refractivity contribution is 8.00. The maximum atomic E-state index is 10.6. The largest absolute Gasteiger partial charge is 0.357 e. The van der Waals surface area contributed by atoms with E-state index in [9.17, 15) is 10.2 Å². The summed E-state index contributed by atoms with van der Waals surface area (Å²) in [7, 11) is 0. The third-order valence-electron chi connectivity index (χ3n) is 5.48.